The zero-order valence-corrected chi connectivity index (χ0v) is 21.9. The second-order valence-corrected chi connectivity index (χ2v) is 10.3. The molecule has 0 radical (unpaired) electrons. The molecule has 3 rings (SSSR count). The van der Waals surface area contributed by atoms with Gasteiger partial charge >= 0.3 is 0 Å². The van der Waals surface area contributed by atoms with Crippen LogP contribution in [0.15, 0.2) is 58.3 Å². The molecule has 2 atom stereocenters. The van der Waals surface area contributed by atoms with E-state index in [9.17, 15) is 9.59 Å². The third-order valence-electron chi connectivity index (χ3n) is 4.94. The number of alkyl halides is 2. The number of rotatable bonds is 7. The van der Waals surface area contributed by atoms with Crippen LogP contribution in [0.5, 0.6) is 0 Å². The Labute approximate surface area is 225 Å². The van der Waals surface area contributed by atoms with E-state index in [4.69, 9.17) is 69.6 Å². The number of benzene rings is 2. The van der Waals surface area contributed by atoms with Gasteiger partial charge in [0.2, 0.25) is 5.91 Å². The third kappa shape index (κ3) is 6.06. The quantitative estimate of drug-likeness (QED) is 0.282. The first-order chi connectivity index (χ1) is 16.0. The van der Waals surface area contributed by atoms with Crippen LogP contribution in [0.4, 0.5) is 5.69 Å². The van der Waals surface area contributed by atoms with Gasteiger partial charge in [0.25, 0.3) is 5.91 Å². The minimum atomic E-state index is -1.35. The Morgan fingerprint density at radius 3 is 2.32 bits per heavy atom. The van der Waals surface area contributed by atoms with Gasteiger partial charge < -0.3 is 10.6 Å². The summed E-state index contributed by atoms with van der Waals surface area (Å²) in [5.74, 6) is -2.26. The highest BCUT2D eigenvalue weighted by Gasteiger charge is 2.67. The molecule has 34 heavy (non-hydrogen) atoms. The standard InChI is InChI=1S/C22H16Cl6N4O2/c1-29-16(26)9-17(30-2)32-20(33)14-8-13(3-4-15(14)25)31-21(34)19-18(22(19,27)28)10-5-11(23)7-12(24)6-10/h3-9,18-19H,2H2,1H3,(H,31,34)(H,32,33)/b17-9+,29-16?. The fourth-order valence-electron chi connectivity index (χ4n) is 3.30. The summed E-state index contributed by atoms with van der Waals surface area (Å²) in [4.78, 5) is 33.1. The summed E-state index contributed by atoms with van der Waals surface area (Å²) in [6.45, 7) is 3.38. The normalized spacial score (nSPS) is 19.4. The topological polar surface area (TPSA) is 82.9 Å². The van der Waals surface area contributed by atoms with E-state index in [-0.39, 0.29) is 21.6 Å². The number of hydrogen-bond donors (Lipinski definition) is 2. The van der Waals surface area contributed by atoms with Crippen molar-refractivity contribution in [3.63, 3.8) is 0 Å². The molecular formula is C22H16Cl6N4O2. The molecule has 2 unspecified atom stereocenters. The monoisotopic (exact) mass is 578 g/mol. The number of carbonyl (C=O) groups is 2. The highest BCUT2D eigenvalue weighted by Crippen LogP contribution is 2.65. The molecule has 6 nitrogen and oxygen atoms in total. The van der Waals surface area contributed by atoms with E-state index >= 15 is 0 Å². The van der Waals surface area contributed by atoms with Crippen molar-refractivity contribution in [1.29, 1.82) is 0 Å². The van der Waals surface area contributed by atoms with E-state index in [0.717, 1.165) is 0 Å². The lowest BCUT2D eigenvalue weighted by atomic mass is 10.1. The second-order valence-electron chi connectivity index (χ2n) is 7.20. The van der Waals surface area contributed by atoms with E-state index < -0.39 is 28.0 Å². The van der Waals surface area contributed by atoms with E-state index in [1.165, 1.54) is 31.3 Å². The molecule has 1 saturated carbocycles. The van der Waals surface area contributed by atoms with Crippen molar-refractivity contribution in [2.75, 3.05) is 12.4 Å². The van der Waals surface area contributed by atoms with Crippen molar-refractivity contribution in [3.8, 4) is 0 Å². The number of anilines is 1. The molecule has 0 saturated heterocycles. The van der Waals surface area contributed by atoms with Crippen LogP contribution in [-0.2, 0) is 4.79 Å². The highest BCUT2D eigenvalue weighted by molar-refractivity contribution is 6.68. The van der Waals surface area contributed by atoms with Crippen LogP contribution in [-0.4, -0.2) is 35.1 Å². The van der Waals surface area contributed by atoms with E-state index in [0.29, 0.717) is 21.3 Å². The fraction of sp³-hybridized carbons (Fsp3) is 0.182. The maximum atomic E-state index is 12.9. The van der Waals surface area contributed by atoms with Crippen molar-refractivity contribution in [2.45, 2.75) is 10.3 Å². The summed E-state index contributed by atoms with van der Waals surface area (Å²) in [7, 11) is 1.48. The molecule has 2 aromatic carbocycles. The Morgan fingerprint density at radius 1 is 1.09 bits per heavy atom. The van der Waals surface area contributed by atoms with Gasteiger partial charge in [0.05, 0.1) is 16.5 Å². The molecule has 2 N–H and O–H groups in total. The van der Waals surface area contributed by atoms with Gasteiger partial charge in [-0.2, -0.15) is 0 Å². The molecule has 1 aliphatic rings. The SMILES string of the molecule is C=N/C(=C\C(Cl)=NC)NC(=O)c1cc(NC(=O)C2C(c3cc(Cl)cc(Cl)c3)C2(Cl)Cl)ccc1Cl. The van der Waals surface area contributed by atoms with Crippen LogP contribution in [0, 0.1) is 5.92 Å². The molecule has 1 fully saturated rings. The summed E-state index contributed by atoms with van der Waals surface area (Å²) in [5, 5.41) is 6.30. The number of allylic oxidation sites excluding steroid dienone is 1. The molecule has 0 spiro atoms. The number of aliphatic imine (C=N–C) groups is 2. The van der Waals surface area contributed by atoms with Crippen molar-refractivity contribution >= 4 is 99.0 Å². The van der Waals surface area contributed by atoms with Crippen LogP contribution in [0.3, 0.4) is 0 Å². The number of nitrogens with one attached hydrogen (secondary N) is 2. The van der Waals surface area contributed by atoms with Crippen LogP contribution < -0.4 is 10.6 Å². The van der Waals surface area contributed by atoms with Gasteiger partial charge in [0.1, 0.15) is 15.3 Å². The lowest BCUT2D eigenvalue weighted by molar-refractivity contribution is -0.117. The zero-order valence-electron chi connectivity index (χ0n) is 17.4. The van der Waals surface area contributed by atoms with Crippen LogP contribution in [0.1, 0.15) is 21.8 Å². The largest absolute Gasteiger partial charge is 0.326 e. The molecule has 0 heterocycles. The Kier molecular flexibility index (Phi) is 8.56. The predicted molar refractivity (Wildman–Crippen MR) is 142 cm³/mol. The van der Waals surface area contributed by atoms with Gasteiger partial charge in [-0.15, -0.1) is 23.2 Å². The van der Waals surface area contributed by atoms with E-state index in [2.05, 4.69) is 27.3 Å². The average Bonchev–Trinajstić information content (AvgIpc) is 3.35. The van der Waals surface area contributed by atoms with Gasteiger partial charge in [0.15, 0.2) is 0 Å². The molecular weight excluding hydrogens is 565 g/mol. The van der Waals surface area contributed by atoms with Crippen LogP contribution in [0.25, 0.3) is 0 Å². The van der Waals surface area contributed by atoms with Crippen LogP contribution >= 0.6 is 69.6 Å². The number of hydrogen-bond acceptors (Lipinski definition) is 4. The number of halogens is 6. The van der Waals surface area contributed by atoms with E-state index in [1.54, 1.807) is 18.2 Å². The Bertz CT molecular complexity index is 1210. The fourth-order valence-corrected chi connectivity index (χ4v) is 4.98. The molecule has 2 aromatic rings. The first kappa shape index (κ1) is 26.8. The van der Waals surface area contributed by atoms with E-state index in [1.807, 2.05) is 0 Å². The van der Waals surface area contributed by atoms with Gasteiger partial charge in [-0.25, -0.2) is 4.99 Å². The summed E-state index contributed by atoms with van der Waals surface area (Å²) >= 11 is 37.0. The maximum absolute atomic E-state index is 12.9. The Balaban J connectivity index is 1.78. The predicted octanol–water partition coefficient (Wildman–Crippen LogP) is 6.71. The van der Waals surface area contributed by atoms with Crippen molar-refractivity contribution in [2.24, 2.45) is 15.9 Å². The van der Waals surface area contributed by atoms with Crippen molar-refractivity contribution < 1.29 is 9.59 Å². The first-order valence-electron chi connectivity index (χ1n) is 9.54. The molecule has 178 valence electrons. The zero-order chi connectivity index (χ0) is 25.2. The molecule has 0 bridgehead atoms. The Hall–Kier alpha value is -1.80. The third-order valence-corrected chi connectivity index (χ3v) is 6.92. The smallest absolute Gasteiger partial charge is 0.258 e. The molecule has 0 aliphatic heterocycles. The highest BCUT2D eigenvalue weighted by atomic mass is 35.5. The molecule has 0 aromatic heterocycles. The first-order valence-corrected chi connectivity index (χ1v) is 11.8. The summed E-state index contributed by atoms with van der Waals surface area (Å²) in [5.41, 5.74) is 1.03. The molecule has 1 aliphatic carbocycles. The van der Waals surface area contributed by atoms with Crippen LogP contribution in [0.2, 0.25) is 15.1 Å². The lowest BCUT2D eigenvalue weighted by Crippen LogP contribution is -2.23. The van der Waals surface area contributed by atoms with Crippen molar-refractivity contribution in [1.82, 2.24) is 5.32 Å². The second kappa shape index (κ2) is 10.9. The van der Waals surface area contributed by atoms with Gasteiger partial charge in [-0.3, -0.25) is 14.6 Å². The Morgan fingerprint density at radius 2 is 1.74 bits per heavy atom. The summed E-state index contributed by atoms with van der Waals surface area (Å²) < 4.78 is -1.35. The number of nitrogens with zero attached hydrogens (tertiary/aromatic N) is 2. The number of amides is 2. The minimum absolute atomic E-state index is 0.0705. The van der Waals surface area contributed by atoms with Gasteiger partial charge in [-0.05, 0) is 48.7 Å². The van der Waals surface area contributed by atoms with Crippen molar-refractivity contribution in [3.05, 3.63) is 74.5 Å². The summed E-state index contributed by atoms with van der Waals surface area (Å²) in [6, 6.07) is 9.29. The maximum Gasteiger partial charge on any atom is 0.258 e. The minimum Gasteiger partial charge on any atom is -0.326 e. The van der Waals surface area contributed by atoms with Gasteiger partial charge in [-0.1, -0.05) is 46.4 Å². The summed E-state index contributed by atoms with van der Waals surface area (Å²) in [6.07, 6.45) is 1.32. The molecule has 2 amide bonds. The number of carbonyl (C=O) groups excluding carboxylic acids is 2. The van der Waals surface area contributed by atoms with Gasteiger partial charge in [0, 0.05) is 34.8 Å². The molecule has 12 heteroatoms. The average molecular weight is 581 g/mol. The lowest BCUT2D eigenvalue weighted by Gasteiger charge is -2.10.